The van der Waals surface area contributed by atoms with Crippen LogP contribution >= 0.6 is 0 Å². The van der Waals surface area contributed by atoms with Gasteiger partial charge in [0.05, 0.1) is 28.4 Å². The molecule has 0 radical (unpaired) electrons. The van der Waals surface area contributed by atoms with Crippen LogP contribution in [0.4, 0.5) is 0 Å². The first-order valence-electron chi connectivity index (χ1n) is 7.18. The highest BCUT2D eigenvalue weighted by Crippen LogP contribution is 2.30. The minimum absolute atomic E-state index is 0.0298. The molecular formula is C16H20O8. The second-order valence-electron chi connectivity index (χ2n) is 4.88. The van der Waals surface area contributed by atoms with E-state index in [0.717, 1.165) is 0 Å². The molecule has 0 aromatic carbocycles. The van der Waals surface area contributed by atoms with Crippen molar-refractivity contribution >= 4 is 23.9 Å². The molecule has 0 spiro atoms. The van der Waals surface area contributed by atoms with Gasteiger partial charge in [-0.3, -0.25) is 0 Å². The van der Waals surface area contributed by atoms with E-state index in [2.05, 4.69) is 0 Å². The van der Waals surface area contributed by atoms with E-state index in [1.165, 1.54) is 28.4 Å². The van der Waals surface area contributed by atoms with Crippen LogP contribution in [0.1, 0.15) is 25.7 Å². The number of methoxy groups -OCH3 is 4. The van der Waals surface area contributed by atoms with Gasteiger partial charge in [-0.2, -0.15) is 0 Å². The van der Waals surface area contributed by atoms with Crippen molar-refractivity contribution in [3.63, 3.8) is 0 Å². The predicted octanol–water partition coefficient (Wildman–Crippen LogP) is 0.846. The summed E-state index contributed by atoms with van der Waals surface area (Å²) in [5, 5.41) is 0. The Bertz CT molecular complexity index is 506. The highest BCUT2D eigenvalue weighted by molar-refractivity contribution is 6.03. The van der Waals surface area contributed by atoms with Gasteiger partial charge in [0, 0.05) is 22.3 Å². The van der Waals surface area contributed by atoms with E-state index in [4.69, 9.17) is 18.9 Å². The highest BCUT2D eigenvalue weighted by atomic mass is 16.5. The van der Waals surface area contributed by atoms with Gasteiger partial charge in [0.25, 0.3) is 0 Å². The molecule has 8 heteroatoms. The molecule has 0 bridgehead atoms. The fourth-order valence-corrected chi connectivity index (χ4v) is 2.50. The average Bonchev–Trinajstić information content (AvgIpc) is 2.59. The van der Waals surface area contributed by atoms with Crippen molar-refractivity contribution in [3.8, 4) is 0 Å². The first-order chi connectivity index (χ1) is 11.4. The highest BCUT2D eigenvalue weighted by Gasteiger charge is 2.30. The molecule has 0 atom stereocenters. The maximum Gasteiger partial charge on any atom is 0.334 e. The summed E-state index contributed by atoms with van der Waals surface area (Å²) >= 11 is 0. The lowest BCUT2D eigenvalue weighted by Gasteiger charge is -2.19. The molecule has 0 aromatic heterocycles. The van der Waals surface area contributed by atoms with Crippen molar-refractivity contribution in [2.45, 2.75) is 25.7 Å². The lowest BCUT2D eigenvalue weighted by atomic mass is 9.88. The predicted molar refractivity (Wildman–Crippen MR) is 80.6 cm³/mol. The summed E-state index contributed by atoms with van der Waals surface area (Å²) in [6, 6.07) is 0. The number of ether oxygens (including phenoxy) is 4. The molecule has 8 nitrogen and oxygen atoms in total. The van der Waals surface area contributed by atoms with E-state index in [9.17, 15) is 19.2 Å². The van der Waals surface area contributed by atoms with Gasteiger partial charge in [-0.25, -0.2) is 19.2 Å². The summed E-state index contributed by atoms with van der Waals surface area (Å²) in [7, 11) is 4.78. The molecule has 132 valence electrons. The monoisotopic (exact) mass is 340 g/mol. The topological polar surface area (TPSA) is 105 Å². The first-order valence-corrected chi connectivity index (χ1v) is 7.18. The molecular weight excluding hydrogens is 320 g/mol. The van der Waals surface area contributed by atoms with Crippen molar-refractivity contribution < 1.29 is 38.1 Å². The number of hydrogen-bond donors (Lipinski definition) is 0. The van der Waals surface area contributed by atoms with Gasteiger partial charge < -0.3 is 18.9 Å². The van der Waals surface area contributed by atoms with Crippen LogP contribution in [0.15, 0.2) is 22.3 Å². The maximum absolute atomic E-state index is 12.0. The normalized spacial score (nSPS) is 21.2. The van der Waals surface area contributed by atoms with Gasteiger partial charge in [0.1, 0.15) is 0 Å². The van der Waals surface area contributed by atoms with Crippen LogP contribution in [0.25, 0.3) is 0 Å². The van der Waals surface area contributed by atoms with Crippen LogP contribution in [0.2, 0.25) is 0 Å². The van der Waals surface area contributed by atoms with Crippen LogP contribution in [0.5, 0.6) is 0 Å². The molecule has 1 aliphatic carbocycles. The summed E-state index contributed by atoms with van der Waals surface area (Å²) in [6.45, 7) is 0. The first kappa shape index (κ1) is 19.4. The van der Waals surface area contributed by atoms with E-state index in [0.29, 0.717) is 0 Å². The third kappa shape index (κ3) is 4.21. The smallest absolute Gasteiger partial charge is 0.334 e. The molecule has 0 heterocycles. The molecule has 0 unspecified atom stereocenters. The van der Waals surface area contributed by atoms with Gasteiger partial charge >= 0.3 is 23.9 Å². The molecule has 0 fully saturated rings. The molecule has 0 aliphatic heterocycles. The fraction of sp³-hybridized carbons (Fsp3) is 0.500. The van der Waals surface area contributed by atoms with E-state index < -0.39 is 23.9 Å². The van der Waals surface area contributed by atoms with Gasteiger partial charge in [0.2, 0.25) is 0 Å². The molecule has 24 heavy (non-hydrogen) atoms. The second-order valence-corrected chi connectivity index (χ2v) is 4.88. The second kappa shape index (κ2) is 8.85. The van der Waals surface area contributed by atoms with Crippen molar-refractivity contribution in [1.29, 1.82) is 0 Å². The molecule has 0 saturated heterocycles. The minimum Gasteiger partial charge on any atom is -0.466 e. The zero-order valence-electron chi connectivity index (χ0n) is 14.1. The summed E-state index contributed by atoms with van der Waals surface area (Å²) in [5.74, 6) is -2.72. The van der Waals surface area contributed by atoms with E-state index in [-0.39, 0.29) is 48.0 Å². The number of hydrogen-bond acceptors (Lipinski definition) is 8. The zero-order valence-corrected chi connectivity index (χ0v) is 14.1. The van der Waals surface area contributed by atoms with Crippen molar-refractivity contribution in [2.75, 3.05) is 28.4 Å². The SMILES string of the molecule is COC(=O)/C1=C(\C(=O)OC)CC/C(C(=O)OC)=C(/C(=O)OC)CC1. The molecule has 1 aliphatic rings. The number of rotatable bonds is 4. The molecule has 0 amide bonds. The van der Waals surface area contributed by atoms with Crippen LogP contribution in [0.3, 0.4) is 0 Å². The number of carbonyl (C=O) groups is 4. The number of carbonyl (C=O) groups excluding carboxylic acids is 4. The lowest BCUT2D eigenvalue weighted by molar-refractivity contribution is -0.140. The quantitative estimate of drug-likeness (QED) is 0.548. The Morgan fingerprint density at radius 1 is 0.500 bits per heavy atom. The minimum atomic E-state index is -0.680. The molecule has 0 N–H and O–H groups in total. The van der Waals surface area contributed by atoms with Crippen molar-refractivity contribution in [3.05, 3.63) is 22.3 Å². The fourth-order valence-electron chi connectivity index (χ4n) is 2.50. The Kier molecular flexibility index (Phi) is 7.16. The Labute approximate surface area is 139 Å². The summed E-state index contributed by atoms with van der Waals surface area (Å²) in [6.07, 6.45) is 0.119. The van der Waals surface area contributed by atoms with E-state index >= 15 is 0 Å². The Morgan fingerprint density at radius 2 is 0.667 bits per heavy atom. The van der Waals surface area contributed by atoms with Gasteiger partial charge in [0.15, 0.2) is 0 Å². The summed E-state index contributed by atoms with van der Waals surface area (Å²) in [5.41, 5.74) is 0.480. The summed E-state index contributed by atoms with van der Waals surface area (Å²) in [4.78, 5) is 47.9. The van der Waals surface area contributed by atoms with Gasteiger partial charge in [-0.1, -0.05) is 0 Å². The Morgan fingerprint density at radius 3 is 0.792 bits per heavy atom. The maximum atomic E-state index is 12.0. The largest absolute Gasteiger partial charge is 0.466 e. The third-order valence-electron chi connectivity index (χ3n) is 3.71. The average molecular weight is 340 g/mol. The van der Waals surface area contributed by atoms with Crippen molar-refractivity contribution in [1.82, 2.24) is 0 Å². The molecule has 1 rings (SSSR count). The Hall–Kier alpha value is -2.64. The standard InChI is InChI=1S/C16H20O8/c1-21-13(17)9-5-6-11(15(19)23-3)12(16(20)24-4)8-7-10(9)14(18)22-2/h5-8H2,1-4H3/b10-9-,12-11-. The van der Waals surface area contributed by atoms with Gasteiger partial charge in [-0.15, -0.1) is 0 Å². The molecule has 0 aromatic rings. The lowest BCUT2D eigenvalue weighted by Crippen LogP contribution is -2.21. The van der Waals surface area contributed by atoms with Crippen LogP contribution in [-0.4, -0.2) is 52.3 Å². The Balaban J connectivity index is 3.35. The molecule has 0 saturated carbocycles. The van der Waals surface area contributed by atoms with Crippen LogP contribution in [0, 0.1) is 0 Å². The van der Waals surface area contributed by atoms with E-state index in [1.807, 2.05) is 0 Å². The third-order valence-corrected chi connectivity index (χ3v) is 3.71. The zero-order chi connectivity index (χ0) is 18.3. The van der Waals surface area contributed by atoms with E-state index in [1.54, 1.807) is 0 Å². The van der Waals surface area contributed by atoms with Crippen molar-refractivity contribution in [2.24, 2.45) is 0 Å². The van der Waals surface area contributed by atoms with Crippen LogP contribution < -0.4 is 0 Å². The number of esters is 4. The van der Waals surface area contributed by atoms with Crippen LogP contribution in [-0.2, 0) is 38.1 Å². The summed E-state index contributed by atoms with van der Waals surface area (Å²) < 4.78 is 18.8. The van der Waals surface area contributed by atoms with Gasteiger partial charge in [-0.05, 0) is 25.7 Å².